The lowest BCUT2D eigenvalue weighted by Crippen LogP contribution is -2.37. The van der Waals surface area contributed by atoms with Gasteiger partial charge in [-0.05, 0) is 17.5 Å². The van der Waals surface area contributed by atoms with Gasteiger partial charge in [-0.3, -0.25) is 4.79 Å². The van der Waals surface area contributed by atoms with E-state index in [0.717, 1.165) is 12.2 Å². The second kappa shape index (κ2) is 5.71. The lowest BCUT2D eigenvalue weighted by molar-refractivity contribution is -0.129. The molecule has 1 aromatic carbocycles. The van der Waals surface area contributed by atoms with Crippen molar-refractivity contribution in [2.45, 2.75) is 20.8 Å². The van der Waals surface area contributed by atoms with Gasteiger partial charge >= 0.3 is 0 Å². The van der Waals surface area contributed by atoms with Gasteiger partial charge in [0, 0.05) is 19.3 Å². The van der Waals surface area contributed by atoms with Crippen LogP contribution in [0.3, 0.4) is 0 Å². The Morgan fingerprint density at radius 3 is 2.35 bits per heavy atom. The zero-order valence-electron chi connectivity index (χ0n) is 11.2. The quantitative estimate of drug-likeness (QED) is 0.868. The Morgan fingerprint density at radius 1 is 1.24 bits per heavy atom. The van der Waals surface area contributed by atoms with Gasteiger partial charge in [0.25, 0.3) is 0 Å². The average Bonchev–Trinajstić information content (AvgIpc) is 2.25. The first-order valence-electron chi connectivity index (χ1n) is 5.91. The van der Waals surface area contributed by atoms with E-state index in [-0.39, 0.29) is 11.3 Å². The summed E-state index contributed by atoms with van der Waals surface area (Å²) >= 11 is 0. The van der Waals surface area contributed by atoms with Gasteiger partial charge in [0.2, 0.25) is 5.91 Å². The highest BCUT2D eigenvalue weighted by Crippen LogP contribution is 2.14. The van der Waals surface area contributed by atoms with Crippen molar-refractivity contribution in [3.8, 4) is 0 Å². The molecule has 0 saturated carbocycles. The zero-order chi connectivity index (χ0) is 12.9. The number of anilines is 1. The van der Waals surface area contributed by atoms with Gasteiger partial charge in [0.05, 0.1) is 6.54 Å². The second-order valence-electron chi connectivity index (χ2n) is 5.53. The summed E-state index contributed by atoms with van der Waals surface area (Å²) in [5.41, 5.74) is 1.11. The molecule has 1 aromatic rings. The van der Waals surface area contributed by atoms with Gasteiger partial charge in [0.1, 0.15) is 0 Å². The minimum atomic E-state index is 0.115. The first-order valence-corrected chi connectivity index (χ1v) is 5.91. The third kappa shape index (κ3) is 5.38. The smallest absolute Gasteiger partial charge is 0.241 e. The summed E-state index contributed by atoms with van der Waals surface area (Å²) < 4.78 is 0. The van der Waals surface area contributed by atoms with Crippen molar-refractivity contribution in [2.75, 3.05) is 25.5 Å². The van der Waals surface area contributed by atoms with Crippen molar-refractivity contribution in [2.24, 2.45) is 5.41 Å². The Hall–Kier alpha value is -1.51. The van der Waals surface area contributed by atoms with Gasteiger partial charge in [-0.25, -0.2) is 0 Å². The maximum absolute atomic E-state index is 11.9. The first-order chi connectivity index (χ1) is 7.88. The van der Waals surface area contributed by atoms with Crippen molar-refractivity contribution >= 4 is 11.6 Å². The number of hydrogen-bond acceptors (Lipinski definition) is 2. The van der Waals surface area contributed by atoms with Crippen LogP contribution < -0.4 is 5.32 Å². The second-order valence-corrected chi connectivity index (χ2v) is 5.53. The summed E-state index contributed by atoms with van der Waals surface area (Å²) in [6, 6.07) is 9.77. The van der Waals surface area contributed by atoms with Crippen LogP contribution in [-0.2, 0) is 4.79 Å². The zero-order valence-corrected chi connectivity index (χ0v) is 11.2. The third-order valence-corrected chi connectivity index (χ3v) is 2.35. The summed E-state index contributed by atoms with van der Waals surface area (Å²) in [5, 5.41) is 3.12. The van der Waals surface area contributed by atoms with Crippen LogP contribution >= 0.6 is 0 Å². The van der Waals surface area contributed by atoms with Crippen molar-refractivity contribution in [3.63, 3.8) is 0 Å². The SMILES string of the molecule is CN(CC(C)(C)C)C(=O)CNc1ccccc1. The highest BCUT2D eigenvalue weighted by Gasteiger charge is 2.17. The molecule has 94 valence electrons. The molecule has 0 aromatic heterocycles. The molecule has 0 radical (unpaired) electrons. The summed E-state index contributed by atoms with van der Waals surface area (Å²) in [5.74, 6) is 0.115. The van der Waals surface area contributed by atoms with E-state index in [1.165, 1.54) is 0 Å². The maximum Gasteiger partial charge on any atom is 0.241 e. The number of benzene rings is 1. The fraction of sp³-hybridized carbons (Fsp3) is 0.500. The molecule has 0 spiro atoms. The van der Waals surface area contributed by atoms with Gasteiger partial charge in [0.15, 0.2) is 0 Å². The Bertz CT molecular complexity index is 354. The number of carbonyl (C=O) groups excluding carboxylic acids is 1. The number of rotatable bonds is 4. The minimum absolute atomic E-state index is 0.115. The molecule has 0 atom stereocenters. The predicted molar refractivity (Wildman–Crippen MR) is 72.0 cm³/mol. The van der Waals surface area contributed by atoms with E-state index in [4.69, 9.17) is 0 Å². The van der Waals surface area contributed by atoms with Gasteiger partial charge < -0.3 is 10.2 Å². The lowest BCUT2D eigenvalue weighted by atomic mass is 9.96. The molecule has 1 rings (SSSR count). The van der Waals surface area contributed by atoms with E-state index in [0.29, 0.717) is 6.54 Å². The van der Waals surface area contributed by atoms with Crippen LogP contribution in [-0.4, -0.2) is 30.9 Å². The monoisotopic (exact) mass is 234 g/mol. The number of nitrogens with one attached hydrogen (secondary N) is 1. The van der Waals surface area contributed by atoms with E-state index in [9.17, 15) is 4.79 Å². The van der Waals surface area contributed by atoms with Crippen molar-refractivity contribution in [1.82, 2.24) is 4.90 Å². The fourth-order valence-corrected chi connectivity index (χ4v) is 1.67. The molecule has 0 saturated heterocycles. The molecule has 0 heterocycles. The van der Waals surface area contributed by atoms with Crippen molar-refractivity contribution in [3.05, 3.63) is 30.3 Å². The Kier molecular flexibility index (Phi) is 4.55. The molecule has 0 aliphatic heterocycles. The highest BCUT2D eigenvalue weighted by molar-refractivity contribution is 5.80. The summed E-state index contributed by atoms with van der Waals surface area (Å²) in [7, 11) is 1.85. The molecule has 1 amide bonds. The van der Waals surface area contributed by atoms with Gasteiger partial charge in [-0.2, -0.15) is 0 Å². The minimum Gasteiger partial charge on any atom is -0.376 e. The molecule has 17 heavy (non-hydrogen) atoms. The predicted octanol–water partition coefficient (Wildman–Crippen LogP) is 2.60. The van der Waals surface area contributed by atoms with E-state index in [1.54, 1.807) is 4.90 Å². The standard InChI is InChI=1S/C14H22N2O/c1-14(2,3)11-16(4)13(17)10-15-12-8-6-5-7-9-12/h5-9,15H,10-11H2,1-4H3. The first kappa shape index (κ1) is 13.6. The van der Waals surface area contributed by atoms with Crippen LogP contribution in [0.1, 0.15) is 20.8 Å². The highest BCUT2D eigenvalue weighted by atomic mass is 16.2. The third-order valence-electron chi connectivity index (χ3n) is 2.35. The Morgan fingerprint density at radius 2 is 1.82 bits per heavy atom. The largest absolute Gasteiger partial charge is 0.376 e. The number of nitrogens with zero attached hydrogens (tertiary/aromatic N) is 1. The molecule has 3 heteroatoms. The number of amides is 1. The number of carbonyl (C=O) groups is 1. The molecule has 0 fully saturated rings. The summed E-state index contributed by atoms with van der Waals surface area (Å²) in [6.45, 7) is 7.49. The molecular weight excluding hydrogens is 212 g/mol. The van der Waals surface area contributed by atoms with Crippen LogP contribution in [0.4, 0.5) is 5.69 Å². The average molecular weight is 234 g/mol. The van der Waals surface area contributed by atoms with Crippen LogP contribution in [0.5, 0.6) is 0 Å². The van der Waals surface area contributed by atoms with Crippen LogP contribution in [0.2, 0.25) is 0 Å². The Balaban J connectivity index is 2.40. The van der Waals surface area contributed by atoms with E-state index < -0.39 is 0 Å². The molecular formula is C14H22N2O. The topological polar surface area (TPSA) is 32.3 Å². The fourth-order valence-electron chi connectivity index (χ4n) is 1.67. The van der Waals surface area contributed by atoms with E-state index in [1.807, 2.05) is 37.4 Å². The van der Waals surface area contributed by atoms with Crippen LogP contribution in [0.25, 0.3) is 0 Å². The molecule has 3 nitrogen and oxygen atoms in total. The van der Waals surface area contributed by atoms with E-state index >= 15 is 0 Å². The number of hydrogen-bond donors (Lipinski definition) is 1. The van der Waals surface area contributed by atoms with Crippen molar-refractivity contribution < 1.29 is 4.79 Å². The van der Waals surface area contributed by atoms with Crippen LogP contribution in [0.15, 0.2) is 30.3 Å². The normalized spacial score (nSPS) is 11.1. The maximum atomic E-state index is 11.9. The Labute approximate surface area is 104 Å². The molecule has 0 unspecified atom stereocenters. The molecule has 0 aliphatic carbocycles. The van der Waals surface area contributed by atoms with Crippen LogP contribution in [0, 0.1) is 5.41 Å². The molecule has 1 N–H and O–H groups in total. The molecule has 0 bridgehead atoms. The van der Waals surface area contributed by atoms with Crippen molar-refractivity contribution in [1.29, 1.82) is 0 Å². The van der Waals surface area contributed by atoms with Gasteiger partial charge in [-0.15, -0.1) is 0 Å². The lowest BCUT2D eigenvalue weighted by Gasteiger charge is -2.26. The summed E-state index contributed by atoms with van der Waals surface area (Å²) in [4.78, 5) is 13.6. The number of para-hydroxylation sites is 1. The van der Waals surface area contributed by atoms with E-state index in [2.05, 4.69) is 26.1 Å². The number of likely N-dealkylation sites (N-methyl/N-ethyl adjacent to an activating group) is 1. The molecule has 0 aliphatic rings. The van der Waals surface area contributed by atoms with Gasteiger partial charge in [-0.1, -0.05) is 39.0 Å². The summed E-state index contributed by atoms with van der Waals surface area (Å²) in [6.07, 6.45) is 0.